The highest BCUT2D eigenvalue weighted by Gasteiger charge is 2.39. The number of carbonyl (C=O) groups excluding carboxylic acids is 2. The predicted molar refractivity (Wildman–Crippen MR) is 130 cm³/mol. The molecule has 0 unspecified atom stereocenters. The lowest BCUT2D eigenvalue weighted by Gasteiger charge is -2.34. The number of Topliss-reactive ketones (excluding diaryl/α,β-unsaturated/α-hetero) is 1. The van der Waals surface area contributed by atoms with Crippen molar-refractivity contribution in [1.82, 2.24) is 5.32 Å². The molecule has 2 aliphatic rings. The Labute approximate surface area is 204 Å². The van der Waals surface area contributed by atoms with Crippen molar-refractivity contribution in [2.75, 3.05) is 13.7 Å². The number of dihydropyridines is 1. The van der Waals surface area contributed by atoms with Crippen LogP contribution < -0.4 is 14.8 Å². The van der Waals surface area contributed by atoms with Crippen molar-refractivity contribution in [2.45, 2.75) is 45.6 Å². The average molecular weight is 482 g/mol. The predicted octanol–water partition coefficient (Wildman–Crippen LogP) is 5.46. The van der Waals surface area contributed by atoms with Crippen LogP contribution in [0.5, 0.6) is 11.5 Å². The molecule has 0 amide bonds. The number of hydrogen-bond acceptors (Lipinski definition) is 6. The minimum atomic E-state index is -0.511. The number of allylic oxidation sites excluding steroid dienone is 3. The van der Waals surface area contributed by atoms with Gasteiger partial charge in [-0.1, -0.05) is 17.7 Å². The van der Waals surface area contributed by atoms with Crippen LogP contribution in [0.1, 0.15) is 50.2 Å². The second kappa shape index (κ2) is 10.3. The Morgan fingerprint density at radius 3 is 2.62 bits per heavy atom. The molecule has 1 heterocycles. The monoisotopic (exact) mass is 481 g/mol. The van der Waals surface area contributed by atoms with Gasteiger partial charge in [0.2, 0.25) is 0 Å². The molecule has 34 heavy (non-hydrogen) atoms. The van der Waals surface area contributed by atoms with Gasteiger partial charge < -0.3 is 19.5 Å². The zero-order valence-corrected chi connectivity index (χ0v) is 20.3. The molecule has 1 atom stereocenters. The average Bonchev–Trinajstić information content (AvgIpc) is 2.83. The first-order chi connectivity index (χ1) is 16.4. The number of esters is 1. The van der Waals surface area contributed by atoms with Gasteiger partial charge in [-0.15, -0.1) is 0 Å². The lowest BCUT2D eigenvalue weighted by molar-refractivity contribution is -0.138. The first-order valence-electron chi connectivity index (χ1n) is 11.4. The van der Waals surface area contributed by atoms with E-state index < -0.39 is 11.9 Å². The Balaban J connectivity index is 1.75. The number of rotatable bonds is 7. The molecule has 1 aliphatic carbocycles. The molecule has 1 aliphatic heterocycles. The number of ether oxygens (including phenoxy) is 3. The number of methoxy groups -OCH3 is 1. The second-order valence-electron chi connectivity index (χ2n) is 8.30. The fraction of sp³-hybridized carbons (Fsp3) is 0.333. The summed E-state index contributed by atoms with van der Waals surface area (Å²) in [5.74, 6) is 0.465. The van der Waals surface area contributed by atoms with Crippen molar-refractivity contribution in [2.24, 2.45) is 0 Å². The van der Waals surface area contributed by atoms with Gasteiger partial charge in [-0.05, 0) is 68.7 Å². The standard InChI is InChI=1S/C27H28ClNO5/c1-4-33-27(31)24-16(2)29-21-6-5-7-22(30)26(21)25(24)17-8-13-23(32-3)18(14-17)15-34-20-11-9-19(28)10-12-20/h8-14,25,29H,4-7,15H2,1-3H3/t25-/m0/s1. The molecule has 0 spiro atoms. The van der Waals surface area contributed by atoms with Crippen LogP contribution in [0.25, 0.3) is 0 Å². The van der Waals surface area contributed by atoms with E-state index in [1.165, 1.54) is 0 Å². The smallest absolute Gasteiger partial charge is 0.336 e. The summed E-state index contributed by atoms with van der Waals surface area (Å²) in [7, 11) is 1.60. The SMILES string of the molecule is CCOC(=O)C1=C(C)NC2=C(C(=O)CCC2)[C@H]1c1ccc(OC)c(COc2ccc(Cl)cc2)c1. The van der Waals surface area contributed by atoms with Crippen LogP contribution in [-0.2, 0) is 20.9 Å². The van der Waals surface area contributed by atoms with E-state index in [4.69, 9.17) is 25.8 Å². The lowest BCUT2D eigenvalue weighted by atomic mass is 9.75. The summed E-state index contributed by atoms with van der Waals surface area (Å²) in [4.78, 5) is 26.1. The Hall–Kier alpha value is -3.25. The summed E-state index contributed by atoms with van der Waals surface area (Å²) in [5.41, 5.74) is 4.34. The van der Waals surface area contributed by atoms with Crippen molar-refractivity contribution in [3.8, 4) is 11.5 Å². The van der Waals surface area contributed by atoms with Crippen LogP contribution in [0.2, 0.25) is 5.02 Å². The molecule has 1 N–H and O–H groups in total. The highest BCUT2D eigenvalue weighted by molar-refractivity contribution is 6.30. The van der Waals surface area contributed by atoms with E-state index in [9.17, 15) is 9.59 Å². The molecule has 2 aromatic rings. The van der Waals surface area contributed by atoms with Gasteiger partial charge in [-0.2, -0.15) is 0 Å². The molecular formula is C27H28ClNO5. The van der Waals surface area contributed by atoms with Crippen LogP contribution in [0.15, 0.2) is 65.0 Å². The summed E-state index contributed by atoms with van der Waals surface area (Å²) >= 11 is 5.97. The summed E-state index contributed by atoms with van der Waals surface area (Å²) < 4.78 is 16.9. The van der Waals surface area contributed by atoms with Crippen LogP contribution in [0.3, 0.4) is 0 Å². The first-order valence-corrected chi connectivity index (χ1v) is 11.8. The summed E-state index contributed by atoms with van der Waals surface area (Å²) in [6.07, 6.45) is 2.03. The third kappa shape index (κ3) is 4.82. The number of nitrogens with one attached hydrogen (secondary N) is 1. The number of halogens is 1. The maximum atomic E-state index is 13.1. The van der Waals surface area contributed by atoms with E-state index in [0.29, 0.717) is 39.8 Å². The maximum Gasteiger partial charge on any atom is 0.336 e. The van der Waals surface area contributed by atoms with Gasteiger partial charge in [0, 0.05) is 39.9 Å². The van der Waals surface area contributed by atoms with E-state index in [1.54, 1.807) is 38.3 Å². The number of benzene rings is 2. The van der Waals surface area contributed by atoms with E-state index in [-0.39, 0.29) is 19.0 Å². The van der Waals surface area contributed by atoms with Crippen molar-refractivity contribution < 1.29 is 23.8 Å². The molecular weight excluding hydrogens is 454 g/mol. The van der Waals surface area contributed by atoms with Gasteiger partial charge in [-0.3, -0.25) is 4.79 Å². The molecule has 0 saturated carbocycles. The van der Waals surface area contributed by atoms with Crippen LogP contribution in [0.4, 0.5) is 0 Å². The summed E-state index contributed by atoms with van der Waals surface area (Å²) in [6, 6.07) is 12.8. The van der Waals surface area contributed by atoms with Gasteiger partial charge >= 0.3 is 5.97 Å². The maximum absolute atomic E-state index is 13.1. The zero-order valence-electron chi connectivity index (χ0n) is 19.6. The number of carbonyl (C=O) groups is 2. The largest absolute Gasteiger partial charge is 0.496 e. The van der Waals surface area contributed by atoms with Crippen LogP contribution in [0, 0.1) is 0 Å². The summed E-state index contributed by atoms with van der Waals surface area (Å²) in [6.45, 7) is 4.14. The molecule has 7 heteroatoms. The van der Waals surface area contributed by atoms with E-state index >= 15 is 0 Å². The van der Waals surface area contributed by atoms with Gasteiger partial charge in [-0.25, -0.2) is 4.79 Å². The summed E-state index contributed by atoms with van der Waals surface area (Å²) in [5, 5.41) is 3.94. The molecule has 0 radical (unpaired) electrons. The van der Waals surface area contributed by atoms with Crippen molar-refractivity contribution in [1.29, 1.82) is 0 Å². The van der Waals surface area contributed by atoms with Gasteiger partial charge in [0.25, 0.3) is 0 Å². The van der Waals surface area contributed by atoms with Gasteiger partial charge in [0.1, 0.15) is 18.1 Å². The second-order valence-corrected chi connectivity index (χ2v) is 8.74. The van der Waals surface area contributed by atoms with Crippen molar-refractivity contribution in [3.05, 3.63) is 81.2 Å². The Morgan fingerprint density at radius 1 is 1.15 bits per heavy atom. The molecule has 6 nitrogen and oxygen atoms in total. The number of hydrogen-bond donors (Lipinski definition) is 1. The van der Waals surface area contributed by atoms with Crippen LogP contribution >= 0.6 is 11.6 Å². The normalized spacial score (nSPS) is 17.8. The highest BCUT2D eigenvalue weighted by atomic mass is 35.5. The minimum Gasteiger partial charge on any atom is -0.496 e. The van der Waals surface area contributed by atoms with Crippen LogP contribution in [-0.4, -0.2) is 25.5 Å². The molecule has 0 aromatic heterocycles. The first kappa shape index (κ1) is 23.9. The highest BCUT2D eigenvalue weighted by Crippen LogP contribution is 2.43. The molecule has 0 saturated heterocycles. The topological polar surface area (TPSA) is 73.9 Å². The Bertz CT molecular complexity index is 1170. The quantitative estimate of drug-likeness (QED) is 0.529. The molecule has 0 fully saturated rings. The van der Waals surface area contributed by atoms with Crippen molar-refractivity contribution >= 4 is 23.4 Å². The Morgan fingerprint density at radius 2 is 1.91 bits per heavy atom. The zero-order chi connectivity index (χ0) is 24.2. The molecule has 4 rings (SSSR count). The van der Waals surface area contributed by atoms with Gasteiger partial charge in [0.05, 0.1) is 19.3 Å². The third-order valence-electron chi connectivity index (χ3n) is 6.12. The third-order valence-corrected chi connectivity index (χ3v) is 6.37. The minimum absolute atomic E-state index is 0.0582. The van der Waals surface area contributed by atoms with E-state index in [2.05, 4.69) is 5.32 Å². The molecule has 178 valence electrons. The lowest BCUT2D eigenvalue weighted by Crippen LogP contribution is -2.34. The van der Waals surface area contributed by atoms with Gasteiger partial charge in [0.15, 0.2) is 5.78 Å². The van der Waals surface area contributed by atoms with E-state index in [0.717, 1.165) is 29.7 Å². The number of ketones is 1. The Kier molecular flexibility index (Phi) is 7.27. The molecule has 2 aromatic carbocycles. The van der Waals surface area contributed by atoms with Crippen molar-refractivity contribution in [3.63, 3.8) is 0 Å². The fourth-order valence-corrected chi connectivity index (χ4v) is 4.70. The van der Waals surface area contributed by atoms with E-state index in [1.807, 2.05) is 25.1 Å². The molecule has 0 bridgehead atoms. The fourth-order valence-electron chi connectivity index (χ4n) is 4.58.